The van der Waals surface area contributed by atoms with Crippen molar-refractivity contribution in [2.45, 2.75) is 38.5 Å². The van der Waals surface area contributed by atoms with E-state index in [1.165, 1.54) is 0 Å². The van der Waals surface area contributed by atoms with Crippen molar-refractivity contribution in [1.29, 1.82) is 0 Å². The van der Waals surface area contributed by atoms with Gasteiger partial charge in [0, 0.05) is 0 Å². The van der Waals surface area contributed by atoms with Gasteiger partial charge in [0.25, 0.3) is 0 Å². The van der Waals surface area contributed by atoms with Crippen molar-refractivity contribution in [3.05, 3.63) is 0 Å². The Kier molecular flexibility index (Phi) is 3.22. The highest BCUT2D eigenvalue weighted by Crippen LogP contribution is 2.09. The highest BCUT2D eigenvalue weighted by molar-refractivity contribution is 7.81. The molecule has 0 saturated heterocycles. The molecular weight excluding hydrogens is 148 g/mol. The number of hydrogen-bond acceptors (Lipinski definition) is 3. The van der Waals surface area contributed by atoms with Gasteiger partial charge in [-0.3, -0.25) is 4.79 Å². The molecule has 10 heavy (non-hydrogen) atoms. The average Bonchev–Trinajstić information content (AvgIpc) is 1.60. The van der Waals surface area contributed by atoms with Crippen molar-refractivity contribution in [3.63, 3.8) is 0 Å². The standard InChI is InChI=1S/C7H14O2S/c1-5(10)6(8)9-7(2,3)4/h5,10H,1-4H3/t5-/m0/s1. The zero-order chi connectivity index (χ0) is 8.36. The maximum Gasteiger partial charge on any atom is 0.319 e. The Balaban J connectivity index is 3.81. The molecule has 0 aliphatic heterocycles. The molecule has 0 aromatic heterocycles. The van der Waals surface area contributed by atoms with Gasteiger partial charge in [-0.2, -0.15) is 12.6 Å². The molecule has 0 rings (SSSR count). The Bertz CT molecular complexity index is 124. The number of rotatable bonds is 1. The van der Waals surface area contributed by atoms with Gasteiger partial charge in [-0.25, -0.2) is 0 Å². The second-order valence-electron chi connectivity index (χ2n) is 3.21. The van der Waals surface area contributed by atoms with Crippen molar-refractivity contribution < 1.29 is 9.53 Å². The van der Waals surface area contributed by atoms with Crippen LogP contribution in [0.1, 0.15) is 27.7 Å². The van der Waals surface area contributed by atoms with Crippen LogP contribution in [0.2, 0.25) is 0 Å². The second-order valence-corrected chi connectivity index (χ2v) is 3.98. The number of thiol groups is 1. The largest absolute Gasteiger partial charge is 0.459 e. The molecule has 0 heterocycles. The quantitative estimate of drug-likeness (QED) is 0.468. The Hall–Kier alpha value is -0.180. The van der Waals surface area contributed by atoms with Crippen molar-refractivity contribution >= 4 is 18.6 Å². The molecular formula is C7H14O2S. The summed E-state index contributed by atoms with van der Waals surface area (Å²) in [7, 11) is 0. The lowest BCUT2D eigenvalue weighted by atomic mass is 10.2. The summed E-state index contributed by atoms with van der Waals surface area (Å²) in [6, 6.07) is 0. The first kappa shape index (κ1) is 9.82. The predicted molar refractivity (Wildman–Crippen MR) is 44.3 cm³/mol. The maximum absolute atomic E-state index is 10.9. The molecule has 3 heteroatoms. The third kappa shape index (κ3) is 4.68. The van der Waals surface area contributed by atoms with Crippen molar-refractivity contribution in [2.75, 3.05) is 0 Å². The van der Waals surface area contributed by atoms with Crippen LogP contribution in [0.25, 0.3) is 0 Å². The minimum absolute atomic E-state index is 0.268. The van der Waals surface area contributed by atoms with Crippen molar-refractivity contribution in [3.8, 4) is 0 Å². The fourth-order valence-electron chi connectivity index (χ4n) is 0.387. The summed E-state index contributed by atoms with van der Waals surface area (Å²) in [6.07, 6.45) is 0. The predicted octanol–water partition coefficient (Wildman–Crippen LogP) is 1.65. The average molecular weight is 162 g/mol. The fourth-order valence-corrected chi connectivity index (χ4v) is 0.440. The van der Waals surface area contributed by atoms with E-state index in [0.717, 1.165) is 0 Å². The van der Waals surface area contributed by atoms with Crippen LogP contribution in [0.4, 0.5) is 0 Å². The van der Waals surface area contributed by atoms with Gasteiger partial charge in [0.15, 0.2) is 0 Å². The van der Waals surface area contributed by atoms with Crippen LogP contribution >= 0.6 is 12.6 Å². The van der Waals surface area contributed by atoms with Gasteiger partial charge in [0.1, 0.15) is 5.60 Å². The van der Waals surface area contributed by atoms with E-state index in [1.807, 2.05) is 20.8 Å². The van der Waals surface area contributed by atoms with E-state index >= 15 is 0 Å². The van der Waals surface area contributed by atoms with E-state index in [9.17, 15) is 4.79 Å². The third-order valence-electron chi connectivity index (χ3n) is 0.748. The van der Waals surface area contributed by atoms with E-state index in [2.05, 4.69) is 12.6 Å². The number of esters is 1. The summed E-state index contributed by atoms with van der Waals surface area (Å²) >= 11 is 3.93. The Morgan fingerprint density at radius 1 is 1.50 bits per heavy atom. The lowest BCUT2D eigenvalue weighted by Crippen LogP contribution is -2.27. The molecule has 0 aliphatic carbocycles. The van der Waals surface area contributed by atoms with Crippen LogP contribution in [0.15, 0.2) is 0 Å². The van der Waals surface area contributed by atoms with E-state index in [1.54, 1.807) is 6.92 Å². The normalized spacial score (nSPS) is 14.5. The lowest BCUT2D eigenvalue weighted by Gasteiger charge is -2.20. The lowest BCUT2D eigenvalue weighted by molar-refractivity contribution is -0.153. The van der Waals surface area contributed by atoms with Crippen LogP contribution < -0.4 is 0 Å². The van der Waals surface area contributed by atoms with Gasteiger partial charge >= 0.3 is 5.97 Å². The molecule has 2 nitrogen and oxygen atoms in total. The molecule has 0 aromatic rings. The second kappa shape index (κ2) is 3.28. The summed E-state index contributed by atoms with van der Waals surface area (Å²) in [4.78, 5) is 10.9. The Morgan fingerprint density at radius 3 is 2.00 bits per heavy atom. The number of carbonyl (C=O) groups excluding carboxylic acids is 1. The molecule has 0 bridgehead atoms. The summed E-state index contributed by atoms with van der Waals surface area (Å²) in [5.41, 5.74) is -0.395. The summed E-state index contributed by atoms with van der Waals surface area (Å²) in [5.74, 6) is -0.268. The van der Waals surface area contributed by atoms with Crippen molar-refractivity contribution in [2.24, 2.45) is 0 Å². The summed E-state index contributed by atoms with van der Waals surface area (Å²) in [6.45, 7) is 7.19. The summed E-state index contributed by atoms with van der Waals surface area (Å²) < 4.78 is 4.98. The van der Waals surface area contributed by atoms with Crippen LogP contribution in [0.5, 0.6) is 0 Å². The monoisotopic (exact) mass is 162 g/mol. The van der Waals surface area contributed by atoms with Gasteiger partial charge in [-0.15, -0.1) is 0 Å². The molecule has 0 fully saturated rings. The van der Waals surface area contributed by atoms with Gasteiger partial charge in [0.05, 0.1) is 5.25 Å². The van der Waals surface area contributed by atoms with Gasteiger partial charge in [-0.1, -0.05) is 0 Å². The van der Waals surface area contributed by atoms with Gasteiger partial charge in [-0.05, 0) is 27.7 Å². The molecule has 0 aromatic carbocycles. The van der Waals surface area contributed by atoms with E-state index in [-0.39, 0.29) is 11.2 Å². The SMILES string of the molecule is C[C@H](S)C(=O)OC(C)(C)C. The van der Waals surface area contributed by atoms with Crippen LogP contribution in [0, 0.1) is 0 Å². The fraction of sp³-hybridized carbons (Fsp3) is 0.857. The third-order valence-corrected chi connectivity index (χ3v) is 0.959. The molecule has 0 radical (unpaired) electrons. The molecule has 0 N–H and O–H groups in total. The van der Waals surface area contributed by atoms with Gasteiger partial charge in [0.2, 0.25) is 0 Å². The van der Waals surface area contributed by atoms with Crippen LogP contribution in [0.3, 0.4) is 0 Å². The highest BCUT2D eigenvalue weighted by atomic mass is 32.1. The number of hydrogen-bond donors (Lipinski definition) is 1. The first-order chi connectivity index (χ1) is 4.33. The number of ether oxygens (including phenoxy) is 1. The topological polar surface area (TPSA) is 26.3 Å². The number of carbonyl (C=O) groups is 1. The molecule has 60 valence electrons. The zero-order valence-corrected chi connectivity index (χ0v) is 7.74. The molecule has 0 saturated carbocycles. The minimum Gasteiger partial charge on any atom is -0.459 e. The first-order valence-electron chi connectivity index (χ1n) is 3.24. The van der Waals surface area contributed by atoms with E-state index in [4.69, 9.17) is 4.74 Å². The van der Waals surface area contributed by atoms with Gasteiger partial charge < -0.3 is 4.74 Å². The molecule has 0 unspecified atom stereocenters. The first-order valence-corrected chi connectivity index (χ1v) is 3.75. The zero-order valence-electron chi connectivity index (χ0n) is 6.84. The molecule has 1 atom stereocenters. The van der Waals surface area contributed by atoms with E-state index in [0.29, 0.717) is 0 Å². The smallest absolute Gasteiger partial charge is 0.319 e. The maximum atomic E-state index is 10.9. The van der Waals surface area contributed by atoms with Crippen LogP contribution in [-0.4, -0.2) is 16.8 Å². The highest BCUT2D eigenvalue weighted by Gasteiger charge is 2.18. The Labute approximate surface area is 67.4 Å². The van der Waals surface area contributed by atoms with Crippen molar-refractivity contribution in [1.82, 2.24) is 0 Å². The Morgan fingerprint density at radius 2 is 1.90 bits per heavy atom. The molecule has 0 amide bonds. The molecule has 0 spiro atoms. The summed E-state index contributed by atoms with van der Waals surface area (Å²) in [5, 5.41) is -0.334. The minimum atomic E-state index is -0.395. The van der Waals surface area contributed by atoms with E-state index < -0.39 is 5.60 Å². The molecule has 0 aliphatic rings. The van der Waals surface area contributed by atoms with Crippen LogP contribution in [-0.2, 0) is 9.53 Å².